The molecule has 0 spiro atoms. The summed E-state index contributed by atoms with van der Waals surface area (Å²) in [6.07, 6.45) is 63.8. The second kappa shape index (κ2) is 73.0. The van der Waals surface area contributed by atoms with Crippen molar-refractivity contribution in [2.75, 3.05) is 39.6 Å². The lowest BCUT2D eigenvalue weighted by Gasteiger charge is -2.21. The Balaban J connectivity index is 5.20. The molecule has 99 heavy (non-hydrogen) atoms. The van der Waals surface area contributed by atoms with Gasteiger partial charge in [0.1, 0.15) is 19.3 Å². The zero-order valence-corrected chi connectivity index (χ0v) is 66.4. The van der Waals surface area contributed by atoms with Crippen LogP contribution >= 0.6 is 15.6 Å². The molecule has 0 amide bonds. The van der Waals surface area contributed by atoms with Gasteiger partial charge in [-0.15, -0.1) is 0 Å². The van der Waals surface area contributed by atoms with Crippen LogP contribution in [0.5, 0.6) is 0 Å². The first kappa shape index (κ1) is 97.1. The first-order valence-electron chi connectivity index (χ1n) is 41.6. The maximum Gasteiger partial charge on any atom is 0.472 e. The molecule has 0 saturated heterocycles. The van der Waals surface area contributed by atoms with Gasteiger partial charge < -0.3 is 33.8 Å². The summed E-state index contributed by atoms with van der Waals surface area (Å²) in [6.45, 7) is 7.33. The number of ether oxygens (including phenoxy) is 4. The summed E-state index contributed by atoms with van der Waals surface area (Å²) in [6, 6.07) is 0. The van der Waals surface area contributed by atoms with Crippen molar-refractivity contribution in [1.82, 2.24) is 0 Å². The molecule has 0 radical (unpaired) electrons. The highest BCUT2D eigenvalue weighted by atomic mass is 31.2. The second-order valence-corrected chi connectivity index (χ2v) is 32.2. The van der Waals surface area contributed by atoms with E-state index >= 15 is 0 Å². The summed E-state index contributed by atoms with van der Waals surface area (Å²) in [5.41, 5.74) is 0. The van der Waals surface area contributed by atoms with Crippen molar-refractivity contribution in [3.63, 3.8) is 0 Å². The van der Waals surface area contributed by atoms with Crippen molar-refractivity contribution < 1.29 is 80.2 Å². The average molecular weight is 1450 g/mol. The number of unbranched alkanes of at least 4 members (excludes halogenated alkanes) is 52. The summed E-state index contributed by atoms with van der Waals surface area (Å²) >= 11 is 0. The Morgan fingerprint density at radius 2 is 0.465 bits per heavy atom. The van der Waals surface area contributed by atoms with Crippen LogP contribution in [0.15, 0.2) is 0 Å². The number of hydrogen-bond donors (Lipinski definition) is 3. The predicted octanol–water partition coefficient (Wildman–Crippen LogP) is 24.0. The van der Waals surface area contributed by atoms with E-state index in [1.807, 2.05) is 0 Å². The molecule has 0 bridgehead atoms. The number of aliphatic hydroxyl groups excluding tert-OH is 1. The minimum atomic E-state index is -4.96. The molecule has 0 aromatic heterocycles. The SMILES string of the molecule is CCCCCCCCCCCCCCCCCCCCCCC(=O)O[C@H](COC(=O)CCCCCCCCCCCCCCCCCC(C)C)COP(=O)(O)OC[C@@H](O)COP(=O)(O)OC[C@@H](COC(=O)CCCCCCCCCCC)OC(=O)CCCCCCCCCCCCCC. The van der Waals surface area contributed by atoms with Gasteiger partial charge in [0.25, 0.3) is 0 Å². The number of aliphatic hydroxyl groups is 1. The lowest BCUT2D eigenvalue weighted by atomic mass is 10.0. The van der Waals surface area contributed by atoms with Crippen molar-refractivity contribution in [1.29, 1.82) is 0 Å². The van der Waals surface area contributed by atoms with Gasteiger partial charge in [0.05, 0.1) is 26.4 Å². The molecule has 0 aromatic carbocycles. The largest absolute Gasteiger partial charge is 0.472 e. The lowest BCUT2D eigenvalue weighted by molar-refractivity contribution is -0.161. The molecular weight excluding hydrogens is 1290 g/mol. The van der Waals surface area contributed by atoms with E-state index in [1.165, 1.54) is 250 Å². The highest BCUT2D eigenvalue weighted by Gasteiger charge is 2.30. The van der Waals surface area contributed by atoms with Crippen LogP contribution in [0.25, 0.3) is 0 Å². The third-order valence-corrected chi connectivity index (χ3v) is 20.7. The summed E-state index contributed by atoms with van der Waals surface area (Å²) in [5.74, 6) is -1.30. The van der Waals surface area contributed by atoms with E-state index in [0.29, 0.717) is 25.7 Å². The summed E-state index contributed by atoms with van der Waals surface area (Å²) < 4.78 is 68.6. The van der Waals surface area contributed by atoms with Crippen LogP contribution < -0.4 is 0 Å². The predicted molar refractivity (Wildman–Crippen MR) is 405 cm³/mol. The van der Waals surface area contributed by atoms with Crippen molar-refractivity contribution in [3.05, 3.63) is 0 Å². The minimum absolute atomic E-state index is 0.108. The Morgan fingerprint density at radius 1 is 0.273 bits per heavy atom. The summed E-state index contributed by atoms with van der Waals surface area (Å²) in [4.78, 5) is 72.9. The van der Waals surface area contributed by atoms with E-state index in [-0.39, 0.29) is 25.7 Å². The van der Waals surface area contributed by atoms with E-state index in [1.54, 1.807) is 0 Å². The molecule has 0 saturated carbocycles. The molecule has 0 aliphatic heterocycles. The number of phosphoric acid groups is 2. The molecule has 0 aliphatic carbocycles. The normalized spacial score (nSPS) is 13.9. The highest BCUT2D eigenvalue weighted by Crippen LogP contribution is 2.45. The van der Waals surface area contributed by atoms with Crippen LogP contribution in [0.3, 0.4) is 0 Å². The van der Waals surface area contributed by atoms with Crippen LogP contribution in [0.1, 0.15) is 426 Å². The highest BCUT2D eigenvalue weighted by molar-refractivity contribution is 7.47. The number of rotatable bonds is 80. The Bertz CT molecular complexity index is 1890. The van der Waals surface area contributed by atoms with Crippen molar-refractivity contribution >= 4 is 39.5 Å². The van der Waals surface area contributed by atoms with Crippen LogP contribution in [0.4, 0.5) is 0 Å². The molecule has 2 unspecified atom stereocenters. The molecule has 0 rings (SSSR count). The molecule has 0 aromatic rings. The van der Waals surface area contributed by atoms with Gasteiger partial charge in [-0.1, -0.05) is 375 Å². The van der Waals surface area contributed by atoms with Gasteiger partial charge in [0, 0.05) is 25.7 Å². The third-order valence-electron chi connectivity index (χ3n) is 18.8. The van der Waals surface area contributed by atoms with Gasteiger partial charge in [-0.2, -0.15) is 0 Å². The monoisotopic (exact) mass is 1450 g/mol. The third kappa shape index (κ3) is 74.1. The number of phosphoric ester groups is 2. The first-order chi connectivity index (χ1) is 48.0. The smallest absolute Gasteiger partial charge is 0.462 e. The number of esters is 4. The van der Waals surface area contributed by atoms with Crippen molar-refractivity contribution in [2.45, 2.75) is 445 Å². The Hall–Kier alpha value is -1.94. The Labute approximate surface area is 607 Å². The summed E-state index contributed by atoms with van der Waals surface area (Å²) in [7, 11) is -9.91. The summed E-state index contributed by atoms with van der Waals surface area (Å²) in [5, 5.41) is 10.6. The molecule has 0 aliphatic rings. The molecule has 3 N–H and O–H groups in total. The van der Waals surface area contributed by atoms with Crippen LogP contribution in [0.2, 0.25) is 0 Å². The standard InChI is InChI=1S/C80H156O17P2/c1-6-9-12-15-18-21-23-25-26-27-28-29-30-33-37-41-46-51-56-61-66-80(85)97-76(70-91-78(83)64-59-54-49-44-40-36-34-31-32-35-38-43-47-52-57-62-73(4)5)72-95-99(88,89)93-68-74(81)67-92-98(86,87)94-71-75(69-90-77(82)63-58-53-48-42-20-17-14-11-8-3)96-79(84)65-60-55-50-45-39-24-22-19-16-13-10-7-2/h73-76,81H,6-72H2,1-5H3,(H,86,87)(H,88,89)/t74-,75+,76+/m0/s1. The van der Waals surface area contributed by atoms with E-state index in [9.17, 15) is 43.2 Å². The number of carbonyl (C=O) groups excluding carboxylic acids is 4. The average Bonchev–Trinajstić information content (AvgIpc) is 1.08. The molecule has 588 valence electrons. The van der Waals surface area contributed by atoms with Gasteiger partial charge in [-0.3, -0.25) is 37.3 Å². The maximum absolute atomic E-state index is 13.1. The lowest BCUT2D eigenvalue weighted by Crippen LogP contribution is -2.30. The van der Waals surface area contributed by atoms with Crippen LogP contribution in [0, 0.1) is 5.92 Å². The minimum Gasteiger partial charge on any atom is -0.462 e. The van der Waals surface area contributed by atoms with E-state index in [2.05, 4.69) is 34.6 Å². The Kier molecular flexibility index (Phi) is 71.6. The van der Waals surface area contributed by atoms with Gasteiger partial charge in [0.15, 0.2) is 12.2 Å². The molecule has 0 fully saturated rings. The van der Waals surface area contributed by atoms with Gasteiger partial charge in [0.2, 0.25) is 0 Å². The first-order valence-corrected chi connectivity index (χ1v) is 44.6. The van der Waals surface area contributed by atoms with E-state index in [4.69, 9.17) is 37.0 Å². The number of hydrogen-bond acceptors (Lipinski definition) is 15. The molecule has 5 atom stereocenters. The van der Waals surface area contributed by atoms with Crippen molar-refractivity contribution in [2.24, 2.45) is 5.92 Å². The van der Waals surface area contributed by atoms with Crippen LogP contribution in [-0.2, 0) is 65.4 Å². The fraction of sp³-hybridized carbons (Fsp3) is 0.950. The molecule has 17 nitrogen and oxygen atoms in total. The zero-order chi connectivity index (χ0) is 72.7. The molecule has 0 heterocycles. The van der Waals surface area contributed by atoms with Gasteiger partial charge in [-0.05, 0) is 31.6 Å². The number of carbonyl (C=O) groups is 4. The van der Waals surface area contributed by atoms with Gasteiger partial charge in [-0.25, -0.2) is 9.13 Å². The van der Waals surface area contributed by atoms with Crippen LogP contribution in [-0.4, -0.2) is 96.7 Å². The van der Waals surface area contributed by atoms with E-state index in [0.717, 1.165) is 95.8 Å². The molecule has 19 heteroatoms. The second-order valence-electron chi connectivity index (χ2n) is 29.3. The van der Waals surface area contributed by atoms with Crippen molar-refractivity contribution in [3.8, 4) is 0 Å². The maximum atomic E-state index is 13.1. The topological polar surface area (TPSA) is 237 Å². The van der Waals surface area contributed by atoms with E-state index < -0.39 is 97.5 Å². The fourth-order valence-electron chi connectivity index (χ4n) is 12.4. The molecular formula is C80H156O17P2. The van der Waals surface area contributed by atoms with Gasteiger partial charge >= 0.3 is 39.5 Å². The quantitative estimate of drug-likeness (QED) is 0.0222. The zero-order valence-electron chi connectivity index (χ0n) is 64.6. The fourth-order valence-corrected chi connectivity index (χ4v) is 14.0. The Morgan fingerprint density at radius 3 is 0.687 bits per heavy atom.